The quantitative estimate of drug-likeness (QED) is 0.808. The fraction of sp³-hybridized carbons (Fsp3) is 0.211. The predicted octanol–water partition coefficient (Wildman–Crippen LogP) is 2.69. The monoisotopic (exact) mass is 318 g/mol. The maximum absolute atomic E-state index is 12.4. The average Bonchev–Trinajstić information content (AvgIpc) is 3.06. The van der Waals surface area contributed by atoms with Gasteiger partial charge in [0.2, 0.25) is 0 Å². The number of hydrogen-bond acceptors (Lipinski definition) is 3. The van der Waals surface area contributed by atoms with Crippen LogP contribution in [0.5, 0.6) is 0 Å². The molecule has 120 valence electrons. The van der Waals surface area contributed by atoms with Gasteiger partial charge in [0, 0.05) is 30.1 Å². The van der Waals surface area contributed by atoms with E-state index >= 15 is 0 Å². The first-order valence-electron chi connectivity index (χ1n) is 8.14. The second-order valence-corrected chi connectivity index (χ2v) is 5.99. The van der Waals surface area contributed by atoms with Crippen molar-refractivity contribution in [1.29, 1.82) is 0 Å². The number of benzene rings is 2. The average molecular weight is 318 g/mol. The summed E-state index contributed by atoms with van der Waals surface area (Å²) in [6.07, 6.45) is 1.70. The van der Waals surface area contributed by atoms with Crippen molar-refractivity contribution in [2.75, 3.05) is 0 Å². The van der Waals surface area contributed by atoms with Gasteiger partial charge in [-0.15, -0.1) is 10.2 Å². The highest BCUT2D eigenvalue weighted by atomic mass is 16.1. The van der Waals surface area contributed by atoms with Crippen LogP contribution in [0.15, 0.2) is 60.7 Å². The zero-order valence-electron chi connectivity index (χ0n) is 13.2. The van der Waals surface area contributed by atoms with E-state index in [0.29, 0.717) is 12.1 Å². The Hall–Kier alpha value is -2.95. The molecule has 0 spiro atoms. The van der Waals surface area contributed by atoms with Gasteiger partial charge in [-0.2, -0.15) is 0 Å². The minimum Gasteiger partial charge on any atom is -0.347 e. The lowest BCUT2D eigenvalue weighted by Gasteiger charge is -2.25. The maximum atomic E-state index is 12.4. The number of aromatic nitrogens is 3. The summed E-state index contributed by atoms with van der Waals surface area (Å²) in [7, 11) is 0. The third-order valence-electron chi connectivity index (χ3n) is 4.35. The Kier molecular flexibility index (Phi) is 3.83. The van der Waals surface area contributed by atoms with Gasteiger partial charge in [0.15, 0.2) is 5.82 Å². The number of hydrogen-bond donors (Lipinski definition) is 1. The van der Waals surface area contributed by atoms with Crippen molar-refractivity contribution in [3.63, 3.8) is 0 Å². The normalized spacial score (nSPS) is 16.4. The van der Waals surface area contributed by atoms with Gasteiger partial charge < -0.3 is 9.88 Å². The summed E-state index contributed by atoms with van der Waals surface area (Å²) in [6, 6.07) is 19.4. The van der Waals surface area contributed by atoms with Gasteiger partial charge in [-0.1, -0.05) is 48.5 Å². The first-order valence-corrected chi connectivity index (χ1v) is 8.14. The van der Waals surface area contributed by atoms with Crippen molar-refractivity contribution in [2.45, 2.75) is 25.4 Å². The Labute approximate surface area is 140 Å². The zero-order chi connectivity index (χ0) is 16.4. The molecule has 2 heterocycles. The standard InChI is InChI=1S/C19H18N4O/c24-19(15-9-5-2-6-10-15)20-16-11-12-17-21-22-18(23(17)13-16)14-7-3-1-4-8-14/h1-10,16H,11-13H2,(H,20,24). The molecule has 0 fully saturated rings. The summed E-state index contributed by atoms with van der Waals surface area (Å²) >= 11 is 0. The highest BCUT2D eigenvalue weighted by molar-refractivity contribution is 5.94. The summed E-state index contributed by atoms with van der Waals surface area (Å²) in [5, 5.41) is 11.8. The van der Waals surface area contributed by atoms with Gasteiger partial charge in [-0.25, -0.2) is 0 Å². The Morgan fingerprint density at radius 1 is 1.00 bits per heavy atom. The number of carbonyl (C=O) groups excluding carboxylic acids is 1. The van der Waals surface area contributed by atoms with E-state index in [2.05, 4.69) is 20.1 Å². The van der Waals surface area contributed by atoms with Crippen LogP contribution < -0.4 is 5.32 Å². The number of nitrogens with one attached hydrogen (secondary N) is 1. The van der Waals surface area contributed by atoms with Gasteiger partial charge in [0.1, 0.15) is 5.82 Å². The molecule has 1 aromatic heterocycles. The van der Waals surface area contributed by atoms with Crippen LogP contribution in [0.2, 0.25) is 0 Å². The van der Waals surface area contributed by atoms with Crippen molar-refractivity contribution < 1.29 is 4.79 Å². The first kappa shape index (κ1) is 14.6. The first-order chi connectivity index (χ1) is 11.8. The van der Waals surface area contributed by atoms with E-state index in [1.54, 1.807) is 0 Å². The Bertz CT molecular complexity index is 842. The molecule has 4 rings (SSSR count). The molecule has 1 aliphatic heterocycles. The van der Waals surface area contributed by atoms with Crippen LogP contribution in [0.25, 0.3) is 11.4 Å². The van der Waals surface area contributed by atoms with Crippen molar-refractivity contribution >= 4 is 5.91 Å². The third kappa shape index (κ3) is 2.80. The van der Waals surface area contributed by atoms with Crippen molar-refractivity contribution in [1.82, 2.24) is 20.1 Å². The molecule has 3 aromatic rings. The number of fused-ring (bicyclic) bond motifs is 1. The Morgan fingerprint density at radius 2 is 1.71 bits per heavy atom. The fourth-order valence-corrected chi connectivity index (χ4v) is 3.10. The summed E-state index contributed by atoms with van der Waals surface area (Å²) in [5.74, 6) is 1.82. The summed E-state index contributed by atoms with van der Waals surface area (Å²) in [6.45, 7) is 0.700. The van der Waals surface area contributed by atoms with E-state index < -0.39 is 0 Å². The molecule has 0 saturated carbocycles. The lowest BCUT2D eigenvalue weighted by atomic mass is 10.1. The molecule has 2 aromatic carbocycles. The molecule has 1 aliphatic rings. The van der Waals surface area contributed by atoms with Crippen molar-refractivity contribution in [3.8, 4) is 11.4 Å². The second kappa shape index (κ2) is 6.28. The molecule has 24 heavy (non-hydrogen) atoms. The smallest absolute Gasteiger partial charge is 0.251 e. The Morgan fingerprint density at radius 3 is 2.46 bits per heavy atom. The number of nitrogens with zero attached hydrogens (tertiary/aromatic N) is 3. The number of rotatable bonds is 3. The number of carbonyl (C=O) groups is 1. The predicted molar refractivity (Wildman–Crippen MR) is 91.5 cm³/mol. The van der Waals surface area contributed by atoms with Gasteiger partial charge >= 0.3 is 0 Å². The minimum absolute atomic E-state index is 0.0293. The van der Waals surface area contributed by atoms with Crippen molar-refractivity contribution in [3.05, 3.63) is 72.1 Å². The van der Waals surface area contributed by atoms with E-state index in [1.165, 1.54) is 0 Å². The van der Waals surface area contributed by atoms with Gasteiger partial charge in [0.25, 0.3) is 5.91 Å². The third-order valence-corrected chi connectivity index (χ3v) is 4.35. The number of amides is 1. The summed E-state index contributed by atoms with van der Waals surface area (Å²) in [5.41, 5.74) is 1.74. The molecule has 0 radical (unpaired) electrons. The topological polar surface area (TPSA) is 59.8 Å². The van der Waals surface area contributed by atoms with Crippen LogP contribution in [-0.2, 0) is 13.0 Å². The molecular weight excluding hydrogens is 300 g/mol. The largest absolute Gasteiger partial charge is 0.347 e. The Balaban J connectivity index is 1.53. The highest BCUT2D eigenvalue weighted by Crippen LogP contribution is 2.23. The molecule has 0 saturated heterocycles. The molecule has 1 N–H and O–H groups in total. The maximum Gasteiger partial charge on any atom is 0.251 e. The van der Waals surface area contributed by atoms with Crippen molar-refractivity contribution in [2.24, 2.45) is 0 Å². The SMILES string of the molecule is O=C(NC1CCc2nnc(-c3ccccc3)n2C1)c1ccccc1. The highest BCUT2D eigenvalue weighted by Gasteiger charge is 2.24. The van der Waals surface area contributed by atoms with E-state index in [1.807, 2.05) is 60.7 Å². The second-order valence-electron chi connectivity index (χ2n) is 5.99. The van der Waals surface area contributed by atoms with E-state index in [9.17, 15) is 4.79 Å². The molecule has 1 amide bonds. The lowest BCUT2D eigenvalue weighted by molar-refractivity contribution is 0.0927. The lowest BCUT2D eigenvalue weighted by Crippen LogP contribution is -2.41. The van der Waals surface area contributed by atoms with Gasteiger partial charge in [-0.3, -0.25) is 4.79 Å². The zero-order valence-corrected chi connectivity index (χ0v) is 13.2. The summed E-state index contributed by atoms with van der Waals surface area (Å²) < 4.78 is 2.12. The molecule has 0 aliphatic carbocycles. The molecule has 0 bridgehead atoms. The fourth-order valence-electron chi connectivity index (χ4n) is 3.10. The van der Waals surface area contributed by atoms with E-state index in [0.717, 1.165) is 30.1 Å². The molecule has 1 unspecified atom stereocenters. The van der Waals surface area contributed by atoms with Gasteiger partial charge in [-0.05, 0) is 18.6 Å². The van der Waals surface area contributed by atoms with Gasteiger partial charge in [0.05, 0.1) is 0 Å². The molecular formula is C19H18N4O. The van der Waals surface area contributed by atoms with E-state index in [-0.39, 0.29) is 11.9 Å². The van der Waals surface area contributed by atoms with Crippen LogP contribution in [0.1, 0.15) is 22.6 Å². The van der Waals surface area contributed by atoms with Crippen LogP contribution >= 0.6 is 0 Å². The van der Waals surface area contributed by atoms with Crippen LogP contribution in [0.3, 0.4) is 0 Å². The minimum atomic E-state index is -0.0293. The van der Waals surface area contributed by atoms with Crippen LogP contribution in [0, 0.1) is 0 Å². The molecule has 5 heteroatoms. The molecule has 5 nitrogen and oxygen atoms in total. The van der Waals surface area contributed by atoms with E-state index in [4.69, 9.17) is 0 Å². The summed E-state index contributed by atoms with van der Waals surface area (Å²) in [4.78, 5) is 12.4. The van der Waals surface area contributed by atoms with Crippen LogP contribution in [0.4, 0.5) is 0 Å². The van der Waals surface area contributed by atoms with Crippen LogP contribution in [-0.4, -0.2) is 26.7 Å². The molecule has 1 atom stereocenters. The number of aryl methyl sites for hydroxylation is 1.